The second-order valence-corrected chi connectivity index (χ2v) is 57.8. The van der Waals surface area contributed by atoms with Gasteiger partial charge in [0.25, 0.3) is 0 Å². The molecule has 6 rings (SSSR count). The van der Waals surface area contributed by atoms with Gasteiger partial charge in [-0.25, -0.2) is 0 Å². The molecule has 2 atom stereocenters. The van der Waals surface area contributed by atoms with E-state index in [4.69, 9.17) is 17.0 Å². The number of hydrogen-bond acceptors (Lipinski definition) is 0. The fourth-order valence-electron chi connectivity index (χ4n) is 8.15. The molecule has 4 aromatic rings. The molecule has 2 aliphatic carbocycles. The van der Waals surface area contributed by atoms with Crippen LogP contribution in [0.2, 0.25) is 13.1 Å². The SMILES string of the molecule is CC1=Cc2c(-c3ccccc3)cc(C)cc2[CH]1[Zr]([Cl])([Cl])([CH]1C(C(C)C)=Cc2c(-c3ccc(C(C)(C)C)cc3)cccc21)[SiH](C)C. The van der Waals surface area contributed by atoms with Crippen LogP contribution in [0.15, 0.2) is 96.1 Å². The van der Waals surface area contributed by atoms with Gasteiger partial charge in [0.2, 0.25) is 0 Å². The number of hydrogen-bond donors (Lipinski definition) is 0. The van der Waals surface area contributed by atoms with Crippen molar-refractivity contribution in [1.29, 1.82) is 0 Å². The Hall–Kier alpha value is -1.96. The molecule has 2 aliphatic rings. The maximum absolute atomic E-state index is 8.61. The van der Waals surface area contributed by atoms with Crippen molar-refractivity contribution in [1.82, 2.24) is 0 Å². The van der Waals surface area contributed by atoms with Gasteiger partial charge in [0.1, 0.15) is 0 Å². The van der Waals surface area contributed by atoms with Crippen LogP contribution >= 0.6 is 17.0 Å². The van der Waals surface area contributed by atoms with Crippen molar-refractivity contribution in [2.24, 2.45) is 5.92 Å². The van der Waals surface area contributed by atoms with E-state index in [0.29, 0.717) is 5.92 Å². The van der Waals surface area contributed by atoms with Gasteiger partial charge in [-0.2, -0.15) is 0 Å². The Kier molecular flexibility index (Phi) is 8.52. The molecule has 0 fully saturated rings. The van der Waals surface area contributed by atoms with Gasteiger partial charge in [-0.15, -0.1) is 0 Å². The standard InChI is InChI=1S/C22H25.C17H15.C2H7Si.2ClH.Zr/c1-15(2)18-13-17-7-6-8-20(21(17)14-18)16-9-11-19(12-10-16)22(3,4)5;1-12-8-15-9-13(2)11-17(15)16(10-12)14-6-4-3-5-7-14;1-3-2;;;/h6-15H,1-5H3;3-11H,1-2H3;3H,1-2H3;2*1H;/q;;;;;+2/p-2. The van der Waals surface area contributed by atoms with E-state index >= 15 is 0 Å². The average molecular weight is 730 g/mol. The zero-order valence-corrected chi connectivity index (χ0v) is 33.4. The molecule has 0 radical (unpaired) electrons. The maximum atomic E-state index is 8.61. The molecule has 0 amide bonds. The summed E-state index contributed by atoms with van der Waals surface area (Å²) in [5.74, 6) is -1.27. The number of aryl methyl sites for hydroxylation is 1. The van der Waals surface area contributed by atoms with E-state index < -0.39 is 21.5 Å². The minimum atomic E-state index is -4.80. The third kappa shape index (κ3) is 5.37. The molecule has 0 aliphatic heterocycles. The Labute approximate surface area is 280 Å². The normalized spacial score (nSPS) is 18.8. The summed E-state index contributed by atoms with van der Waals surface area (Å²) in [6, 6.07) is 31.6. The monoisotopic (exact) mass is 727 g/mol. The van der Waals surface area contributed by atoms with Crippen LogP contribution in [0.4, 0.5) is 0 Å². The number of halogens is 2. The van der Waals surface area contributed by atoms with E-state index in [-0.39, 0.29) is 12.7 Å². The summed E-state index contributed by atoms with van der Waals surface area (Å²) in [5, 5.41) is 0. The fourth-order valence-corrected chi connectivity index (χ4v) is 40.3. The molecule has 4 heteroatoms. The second kappa shape index (κ2) is 11.6. The van der Waals surface area contributed by atoms with Crippen LogP contribution in [-0.4, -0.2) is 5.92 Å². The van der Waals surface area contributed by atoms with E-state index in [1.54, 1.807) is 0 Å². The fraction of sp³-hybridized carbons (Fsp3) is 0.317. The molecule has 0 spiro atoms. The van der Waals surface area contributed by atoms with Gasteiger partial charge in [-0.1, -0.05) is 0 Å². The van der Waals surface area contributed by atoms with Crippen LogP contribution in [0.3, 0.4) is 0 Å². The molecule has 2 unspecified atom stereocenters. The summed E-state index contributed by atoms with van der Waals surface area (Å²) in [6.45, 7) is 20.9. The zero-order chi connectivity index (χ0) is 32.5. The van der Waals surface area contributed by atoms with Crippen LogP contribution in [0.1, 0.15) is 82.2 Å². The number of fused-ring (bicyclic) bond motifs is 2. The quantitative estimate of drug-likeness (QED) is 0.173. The molecule has 0 nitrogen and oxygen atoms in total. The van der Waals surface area contributed by atoms with Crippen LogP contribution in [0.25, 0.3) is 34.4 Å². The van der Waals surface area contributed by atoms with E-state index in [0.717, 1.165) is 0 Å². The van der Waals surface area contributed by atoms with Gasteiger partial charge in [0.05, 0.1) is 0 Å². The summed E-state index contributed by atoms with van der Waals surface area (Å²) in [6.07, 6.45) is 4.89. The molecule has 0 saturated carbocycles. The third-order valence-corrected chi connectivity index (χ3v) is 62.6. The van der Waals surface area contributed by atoms with Crippen molar-refractivity contribution in [3.8, 4) is 22.3 Å². The molecular weight excluding hydrogens is 683 g/mol. The number of rotatable bonds is 6. The first-order valence-corrected chi connectivity index (χ1v) is 32.8. The van der Waals surface area contributed by atoms with E-state index in [1.807, 2.05) is 0 Å². The van der Waals surface area contributed by atoms with Crippen molar-refractivity contribution in [2.45, 2.75) is 74.2 Å². The average Bonchev–Trinajstić information content (AvgIpc) is 3.56. The molecular formula is C41H47Cl2SiZr. The minimum absolute atomic E-state index is 0.0882. The predicted octanol–water partition coefficient (Wildman–Crippen LogP) is 12.9. The van der Waals surface area contributed by atoms with Crippen LogP contribution < -0.4 is 0 Å². The second-order valence-electron chi connectivity index (χ2n) is 15.3. The van der Waals surface area contributed by atoms with Crippen LogP contribution in [0.5, 0.6) is 0 Å². The van der Waals surface area contributed by atoms with Crippen molar-refractivity contribution in [3.63, 3.8) is 0 Å². The Balaban J connectivity index is 1.57. The Morgan fingerprint density at radius 1 is 0.689 bits per heavy atom. The first-order chi connectivity index (χ1) is 21.1. The number of allylic oxidation sites excluding steroid dienone is 2. The van der Waals surface area contributed by atoms with Gasteiger partial charge in [0.15, 0.2) is 0 Å². The Morgan fingerprint density at radius 2 is 1.31 bits per heavy atom. The summed E-state index contributed by atoms with van der Waals surface area (Å²) in [7, 11) is 17.2. The van der Waals surface area contributed by atoms with Gasteiger partial charge >= 0.3 is 283 Å². The van der Waals surface area contributed by atoms with Crippen LogP contribution in [-0.2, 0) is 21.0 Å². The molecule has 4 aromatic carbocycles. The van der Waals surface area contributed by atoms with Gasteiger partial charge in [-0.05, 0) is 0 Å². The van der Waals surface area contributed by atoms with Crippen molar-refractivity contribution < 1.29 is 15.6 Å². The predicted molar refractivity (Wildman–Crippen MR) is 200 cm³/mol. The zero-order valence-electron chi connectivity index (χ0n) is 28.3. The summed E-state index contributed by atoms with van der Waals surface area (Å²) in [4.78, 5) is 0. The summed E-state index contributed by atoms with van der Waals surface area (Å²) >= 11 is -4.80. The van der Waals surface area contributed by atoms with Gasteiger partial charge in [-0.3, -0.25) is 0 Å². The Morgan fingerprint density at radius 3 is 1.91 bits per heavy atom. The van der Waals surface area contributed by atoms with Crippen LogP contribution in [0, 0.1) is 12.8 Å². The Bertz CT molecular complexity index is 1840. The van der Waals surface area contributed by atoms with Gasteiger partial charge < -0.3 is 0 Å². The van der Waals surface area contributed by atoms with E-state index in [2.05, 4.69) is 159 Å². The third-order valence-electron chi connectivity index (χ3n) is 10.6. The van der Waals surface area contributed by atoms with E-state index in [1.165, 1.54) is 66.8 Å². The topological polar surface area (TPSA) is 0 Å². The molecule has 45 heavy (non-hydrogen) atoms. The molecule has 0 aromatic heterocycles. The van der Waals surface area contributed by atoms with Gasteiger partial charge in [0, 0.05) is 0 Å². The first-order valence-electron chi connectivity index (χ1n) is 16.5. The van der Waals surface area contributed by atoms with E-state index in [9.17, 15) is 0 Å². The first kappa shape index (κ1) is 33.0. The number of benzene rings is 4. The summed E-state index contributed by atoms with van der Waals surface area (Å²) < 4.78 is 0.178. The molecule has 0 saturated heterocycles. The van der Waals surface area contributed by atoms with Crippen molar-refractivity contribution in [3.05, 3.63) is 129 Å². The molecule has 0 heterocycles. The molecule has 233 valence electrons. The summed E-state index contributed by atoms with van der Waals surface area (Å²) in [5.41, 5.74) is 15.9. The molecule has 0 bridgehead atoms. The van der Waals surface area contributed by atoms with Crippen molar-refractivity contribution in [2.75, 3.05) is 0 Å². The molecule has 0 N–H and O–H groups in total. The van der Waals surface area contributed by atoms with Crippen molar-refractivity contribution >= 4 is 35.1 Å².